The maximum Gasteiger partial charge on any atom is 0.349 e. The van der Waals surface area contributed by atoms with Crippen molar-refractivity contribution in [3.05, 3.63) is 10.0 Å². The number of nitrogens with two attached hydrogens (primary N) is 1. The number of anilines is 1. The first kappa shape index (κ1) is 12.1. The van der Waals surface area contributed by atoms with E-state index in [1.165, 1.54) is 0 Å². The maximum absolute atomic E-state index is 11.2. The highest BCUT2D eigenvalue weighted by Crippen LogP contribution is 2.33. The molecule has 1 aromatic heterocycles. The zero-order valence-electron chi connectivity index (χ0n) is 8.72. The summed E-state index contributed by atoms with van der Waals surface area (Å²) in [5, 5.41) is 9.26. The smallest absolute Gasteiger partial charge is 0.349 e. The number of carboxylic acid groups (broad SMARTS) is 1. The van der Waals surface area contributed by atoms with Crippen LogP contribution in [0.5, 0.6) is 0 Å². The second-order valence-corrected chi connectivity index (χ2v) is 5.01. The Balaban J connectivity index is 2.31. The first-order chi connectivity index (χ1) is 8.00. The number of nitrogens with zero attached hydrogens (tertiary/aromatic N) is 2. The number of aromatic nitrogens is 1. The van der Waals surface area contributed by atoms with Gasteiger partial charge in [-0.25, -0.2) is 9.78 Å². The molecule has 6 nitrogen and oxygen atoms in total. The molecule has 0 saturated carbocycles. The van der Waals surface area contributed by atoms with Crippen LogP contribution in [0.3, 0.4) is 0 Å². The summed E-state index contributed by atoms with van der Waals surface area (Å²) < 4.78 is 0. The van der Waals surface area contributed by atoms with E-state index >= 15 is 0 Å². The number of rotatable bonds is 3. The molecule has 92 valence electrons. The van der Waals surface area contributed by atoms with Crippen molar-refractivity contribution in [1.29, 1.82) is 0 Å². The number of thiazole rings is 1. The molecule has 1 aliphatic rings. The lowest BCUT2D eigenvalue weighted by Crippen LogP contribution is -2.40. The minimum Gasteiger partial charge on any atom is -0.477 e. The third kappa shape index (κ3) is 2.20. The number of carboxylic acids is 1. The summed E-state index contributed by atoms with van der Waals surface area (Å²) >= 11 is 6.68. The van der Waals surface area contributed by atoms with Gasteiger partial charge in [0.2, 0.25) is 5.91 Å². The van der Waals surface area contributed by atoms with E-state index in [0.717, 1.165) is 17.8 Å². The molecule has 0 aliphatic carbocycles. The lowest BCUT2D eigenvalue weighted by Gasteiger charge is -2.20. The van der Waals surface area contributed by atoms with Crippen LogP contribution >= 0.6 is 22.9 Å². The fourth-order valence-electron chi connectivity index (χ4n) is 1.84. The Morgan fingerprint density at radius 3 is 2.82 bits per heavy atom. The number of hydrogen-bond acceptors (Lipinski definition) is 5. The van der Waals surface area contributed by atoms with Gasteiger partial charge in [0, 0.05) is 6.54 Å². The van der Waals surface area contributed by atoms with Crippen molar-refractivity contribution in [1.82, 2.24) is 4.98 Å². The monoisotopic (exact) mass is 275 g/mol. The van der Waals surface area contributed by atoms with Crippen LogP contribution in [0.15, 0.2) is 0 Å². The number of amides is 1. The number of halogens is 1. The van der Waals surface area contributed by atoms with Gasteiger partial charge in [-0.1, -0.05) is 22.9 Å². The minimum absolute atomic E-state index is 0.0169. The fraction of sp³-hybridized carbons (Fsp3) is 0.444. The molecule has 8 heteroatoms. The lowest BCUT2D eigenvalue weighted by atomic mass is 10.2. The highest BCUT2D eigenvalue weighted by molar-refractivity contribution is 7.18. The molecule has 0 radical (unpaired) electrons. The van der Waals surface area contributed by atoms with Gasteiger partial charge in [-0.05, 0) is 12.8 Å². The van der Waals surface area contributed by atoms with Crippen molar-refractivity contribution in [3.63, 3.8) is 0 Å². The standard InChI is InChI=1S/C9H10ClN3O3S/c10-6-5(8(15)16)17-9(12-6)13-3-1-2-4(13)7(11)14/h4H,1-3H2,(H2,11,14)(H,15,16). The van der Waals surface area contributed by atoms with E-state index in [9.17, 15) is 9.59 Å². The van der Waals surface area contributed by atoms with Crippen molar-refractivity contribution < 1.29 is 14.7 Å². The highest BCUT2D eigenvalue weighted by Gasteiger charge is 2.32. The summed E-state index contributed by atoms with van der Waals surface area (Å²) in [7, 11) is 0. The highest BCUT2D eigenvalue weighted by atomic mass is 35.5. The van der Waals surface area contributed by atoms with Crippen molar-refractivity contribution in [2.75, 3.05) is 11.4 Å². The number of carbonyl (C=O) groups excluding carboxylic acids is 1. The Bertz CT molecular complexity index is 476. The Hall–Kier alpha value is -1.34. The molecule has 1 atom stereocenters. The molecule has 0 bridgehead atoms. The van der Waals surface area contributed by atoms with Crippen LogP contribution in [0.4, 0.5) is 5.13 Å². The van der Waals surface area contributed by atoms with Crippen LogP contribution < -0.4 is 10.6 Å². The van der Waals surface area contributed by atoms with Crippen molar-refractivity contribution in [3.8, 4) is 0 Å². The Morgan fingerprint density at radius 2 is 2.29 bits per heavy atom. The van der Waals surface area contributed by atoms with E-state index in [4.69, 9.17) is 22.4 Å². The van der Waals surface area contributed by atoms with Gasteiger partial charge >= 0.3 is 5.97 Å². The Morgan fingerprint density at radius 1 is 1.59 bits per heavy atom. The summed E-state index contributed by atoms with van der Waals surface area (Å²) in [5.41, 5.74) is 5.28. The summed E-state index contributed by atoms with van der Waals surface area (Å²) in [6.07, 6.45) is 1.49. The Kier molecular flexibility index (Phi) is 3.21. The molecule has 3 N–H and O–H groups in total. The van der Waals surface area contributed by atoms with Crippen LogP contribution in [0.2, 0.25) is 5.15 Å². The summed E-state index contributed by atoms with van der Waals surface area (Å²) in [6.45, 7) is 0.635. The van der Waals surface area contributed by atoms with Gasteiger partial charge in [-0.2, -0.15) is 0 Å². The summed E-state index contributed by atoms with van der Waals surface area (Å²) in [4.78, 5) is 27.7. The molecule has 1 amide bonds. The summed E-state index contributed by atoms with van der Waals surface area (Å²) in [5.74, 6) is -1.54. The van der Waals surface area contributed by atoms with Gasteiger partial charge in [-0.15, -0.1) is 0 Å². The number of aromatic carboxylic acids is 1. The molecule has 1 saturated heterocycles. The fourth-order valence-corrected chi connectivity index (χ4v) is 3.04. The van der Waals surface area contributed by atoms with Crippen molar-refractivity contribution in [2.45, 2.75) is 18.9 Å². The van der Waals surface area contributed by atoms with E-state index in [1.807, 2.05) is 0 Å². The van der Waals surface area contributed by atoms with E-state index in [1.54, 1.807) is 4.90 Å². The van der Waals surface area contributed by atoms with Gasteiger partial charge < -0.3 is 15.7 Å². The molecule has 1 fully saturated rings. The molecule has 0 aromatic carbocycles. The second kappa shape index (κ2) is 4.50. The molecule has 2 rings (SSSR count). The predicted molar refractivity (Wildman–Crippen MR) is 63.6 cm³/mol. The lowest BCUT2D eigenvalue weighted by molar-refractivity contribution is -0.119. The van der Waals surface area contributed by atoms with E-state index in [-0.39, 0.29) is 10.0 Å². The number of hydrogen-bond donors (Lipinski definition) is 2. The van der Waals surface area contributed by atoms with Gasteiger partial charge in [0.15, 0.2) is 15.2 Å². The average Bonchev–Trinajstić information content (AvgIpc) is 2.82. The molecule has 1 unspecified atom stereocenters. The van der Waals surface area contributed by atoms with Gasteiger partial charge in [-0.3, -0.25) is 4.79 Å². The predicted octanol–water partition coefficient (Wildman–Crippen LogP) is 0.949. The number of primary amides is 1. The first-order valence-electron chi connectivity index (χ1n) is 4.96. The molecule has 17 heavy (non-hydrogen) atoms. The van der Waals surface area contributed by atoms with Crippen LogP contribution in [0.25, 0.3) is 0 Å². The van der Waals surface area contributed by atoms with Gasteiger partial charge in [0.25, 0.3) is 0 Å². The van der Waals surface area contributed by atoms with Crippen LogP contribution in [-0.2, 0) is 4.79 Å². The normalized spacial score (nSPS) is 19.6. The molecular formula is C9H10ClN3O3S. The largest absolute Gasteiger partial charge is 0.477 e. The maximum atomic E-state index is 11.2. The van der Waals surface area contributed by atoms with Crippen molar-refractivity contribution in [2.24, 2.45) is 5.73 Å². The minimum atomic E-state index is -1.12. The SMILES string of the molecule is NC(=O)C1CCCN1c1nc(Cl)c(C(=O)O)s1. The first-order valence-corrected chi connectivity index (χ1v) is 6.15. The number of carbonyl (C=O) groups is 2. The van der Waals surface area contributed by atoms with Crippen LogP contribution in [-0.4, -0.2) is 34.6 Å². The van der Waals surface area contributed by atoms with Crippen LogP contribution in [0, 0.1) is 0 Å². The summed E-state index contributed by atoms with van der Waals surface area (Å²) in [6, 6.07) is -0.418. The third-order valence-electron chi connectivity index (χ3n) is 2.60. The zero-order valence-corrected chi connectivity index (χ0v) is 10.3. The quantitative estimate of drug-likeness (QED) is 0.856. The average molecular weight is 276 g/mol. The zero-order chi connectivity index (χ0) is 12.6. The van der Waals surface area contributed by atoms with E-state index < -0.39 is 17.9 Å². The van der Waals surface area contributed by atoms with E-state index in [0.29, 0.717) is 18.1 Å². The Labute approximate surface area is 106 Å². The molecule has 1 aliphatic heterocycles. The molecule has 2 heterocycles. The topological polar surface area (TPSA) is 96.5 Å². The van der Waals surface area contributed by atoms with Gasteiger partial charge in [0.1, 0.15) is 6.04 Å². The van der Waals surface area contributed by atoms with Crippen LogP contribution in [0.1, 0.15) is 22.5 Å². The second-order valence-electron chi connectivity index (χ2n) is 3.68. The van der Waals surface area contributed by atoms with Gasteiger partial charge in [0.05, 0.1) is 0 Å². The van der Waals surface area contributed by atoms with Crippen molar-refractivity contribution >= 4 is 39.9 Å². The molecular weight excluding hydrogens is 266 g/mol. The third-order valence-corrected chi connectivity index (χ3v) is 4.06. The molecule has 0 spiro atoms. The van der Waals surface area contributed by atoms with E-state index in [2.05, 4.69) is 4.98 Å². The molecule has 1 aromatic rings.